The van der Waals surface area contributed by atoms with Crippen LogP contribution in [0.3, 0.4) is 0 Å². The maximum Gasteiger partial charge on any atom is 0.255 e. The fourth-order valence-corrected chi connectivity index (χ4v) is 5.81. The Labute approximate surface area is 239 Å². The van der Waals surface area contributed by atoms with Crippen LogP contribution in [0.25, 0.3) is 0 Å². The lowest BCUT2D eigenvalue weighted by atomic mass is 9.73. The smallest absolute Gasteiger partial charge is 0.255 e. The number of nitrogens with two attached hydrogens (primary N) is 1. The van der Waals surface area contributed by atoms with Gasteiger partial charge in [0, 0.05) is 44.3 Å². The van der Waals surface area contributed by atoms with Crippen LogP contribution in [0.2, 0.25) is 0 Å². The van der Waals surface area contributed by atoms with Crippen LogP contribution < -0.4 is 11.1 Å². The van der Waals surface area contributed by atoms with E-state index in [-0.39, 0.29) is 29.3 Å². The number of aromatic nitrogens is 1. The second-order valence-corrected chi connectivity index (χ2v) is 10.4. The Balaban J connectivity index is 0.00000216. The summed E-state index contributed by atoms with van der Waals surface area (Å²) < 4.78 is 0. The first kappa shape index (κ1) is 31.0. The lowest BCUT2D eigenvalue weighted by Crippen LogP contribution is -2.45. The molecule has 40 heavy (non-hydrogen) atoms. The van der Waals surface area contributed by atoms with Crippen molar-refractivity contribution in [2.45, 2.75) is 78.3 Å². The number of nitrogens with zero attached hydrogens (tertiary/aromatic N) is 4. The highest BCUT2D eigenvalue weighted by molar-refractivity contribution is 5.97. The SMILES string of the molecule is CC.CCN(CC)C(=O)c1ccc(NC(=O)C2CC3(CCN(C(C)/N=C\C=C(/C)N)CC3)c3ccccc32)nc1. The van der Waals surface area contributed by atoms with Gasteiger partial charge in [0.15, 0.2) is 0 Å². The average molecular weight is 547 g/mol. The van der Waals surface area contributed by atoms with Crippen LogP contribution in [0.1, 0.15) is 88.2 Å². The van der Waals surface area contributed by atoms with E-state index in [4.69, 9.17) is 5.73 Å². The Hall–Kier alpha value is -3.52. The van der Waals surface area contributed by atoms with Crippen molar-refractivity contribution in [3.05, 3.63) is 71.1 Å². The Morgan fingerprint density at radius 3 is 2.45 bits per heavy atom. The van der Waals surface area contributed by atoms with Gasteiger partial charge in [0.25, 0.3) is 5.91 Å². The predicted molar refractivity (Wildman–Crippen MR) is 164 cm³/mol. The van der Waals surface area contributed by atoms with Gasteiger partial charge in [-0.2, -0.15) is 0 Å². The minimum atomic E-state index is -0.232. The molecule has 2 aromatic rings. The highest BCUT2D eigenvalue weighted by atomic mass is 16.2. The number of anilines is 1. The van der Waals surface area contributed by atoms with E-state index in [2.05, 4.69) is 45.3 Å². The van der Waals surface area contributed by atoms with E-state index in [1.165, 1.54) is 5.56 Å². The monoisotopic (exact) mass is 546 g/mol. The van der Waals surface area contributed by atoms with Crippen molar-refractivity contribution in [2.24, 2.45) is 10.7 Å². The molecule has 8 nitrogen and oxygen atoms in total. The zero-order chi connectivity index (χ0) is 29.3. The number of benzene rings is 1. The topological polar surface area (TPSA) is 104 Å². The molecule has 1 spiro atoms. The number of amides is 2. The highest BCUT2D eigenvalue weighted by Crippen LogP contribution is 2.52. The molecule has 3 N–H and O–H groups in total. The molecule has 2 atom stereocenters. The first-order valence-electron chi connectivity index (χ1n) is 14.6. The van der Waals surface area contributed by atoms with Crippen molar-refractivity contribution in [1.82, 2.24) is 14.8 Å². The number of carbonyl (C=O) groups is 2. The zero-order valence-corrected chi connectivity index (χ0v) is 25.0. The third-order valence-corrected chi connectivity index (χ3v) is 8.05. The number of hydrogen-bond acceptors (Lipinski definition) is 6. The number of pyridine rings is 1. The van der Waals surface area contributed by atoms with Crippen molar-refractivity contribution in [2.75, 3.05) is 31.5 Å². The summed E-state index contributed by atoms with van der Waals surface area (Å²) in [5.41, 5.74) is 9.37. The number of likely N-dealkylation sites (tertiary alicyclic amines) is 1. The third-order valence-electron chi connectivity index (χ3n) is 8.05. The zero-order valence-electron chi connectivity index (χ0n) is 25.0. The highest BCUT2D eigenvalue weighted by Gasteiger charge is 2.47. The van der Waals surface area contributed by atoms with Crippen molar-refractivity contribution in [3.8, 4) is 0 Å². The number of allylic oxidation sites excluding steroid dienone is 2. The predicted octanol–water partition coefficient (Wildman–Crippen LogP) is 5.33. The Bertz CT molecular complexity index is 1190. The van der Waals surface area contributed by atoms with Gasteiger partial charge in [0.05, 0.1) is 17.6 Å². The molecule has 0 saturated carbocycles. The summed E-state index contributed by atoms with van der Waals surface area (Å²) in [6, 6.07) is 11.8. The van der Waals surface area contributed by atoms with Crippen molar-refractivity contribution in [1.29, 1.82) is 0 Å². The van der Waals surface area contributed by atoms with Crippen molar-refractivity contribution >= 4 is 23.8 Å². The molecule has 2 amide bonds. The van der Waals surface area contributed by atoms with Crippen LogP contribution >= 0.6 is 0 Å². The summed E-state index contributed by atoms with van der Waals surface area (Å²) in [6.45, 7) is 15.0. The second-order valence-electron chi connectivity index (χ2n) is 10.4. The Morgan fingerprint density at radius 1 is 1.18 bits per heavy atom. The van der Waals surface area contributed by atoms with E-state index in [9.17, 15) is 9.59 Å². The molecular formula is C32H46N6O2. The van der Waals surface area contributed by atoms with Gasteiger partial charge in [-0.3, -0.25) is 19.5 Å². The van der Waals surface area contributed by atoms with E-state index < -0.39 is 0 Å². The maximum absolute atomic E-state index is 13.5. The van der Waals surface area contributed by atoms with Crippen LogP contribution in [0, 0.1) is 0 Å². The van der Waals surface area contributed by atoms with E-state index in [1.807, 2.05) is 46.8 Å². The average Bonchev–Trinajstić information content (AvgIpc) is 3.29. The van der Waals surface area contributed by atoms with Gasteiger partial charge in [0.2, 0.25) is 5.91 Å². The van der Waals surface area contributed by atoms with Crippen molar-refractivity contribution in [3.63, 3.8) is 0 Å². The standard InChI is InChI=1S/C30H40N6O2.C2H6/c1-5-35(6-2)29(38)23-11-12-27(33-20-23)34-28(37)25-19-30(26-10-8-7-9-24(25)26)14-17-36(18-15-30)22(4)32-16-13-21(3)31;1-2/h7-13,16,20,22,25H,5-6,14-15,17-19,31H2,1-4H3,(H,33,34,37);1-2H3/b21-13+,32-16-;. The molecule has 1 saturated heterocycles. The minimum Gasteiger partial charge on any atom is -0.402 e. The van der Waals surface area contributed by atoms with Gasteiger partial charge in [-0.25, -0.2) is 4.98 Å². The van der Waals surface area contributed by atoms with Gasteiger partial charge >= 0.3 is 0 Å². The molecule has 0 radical (unpaired) electrons. The minimum absolute atomic E-state index is 0.0141. The van der Waals surface area contributed by atoms with E-state index >= 15 is 0 Å². The normalized spacial score (nSPS) is 19.1. The van der Waals surface area contributed by atoms with Gasteiger partial charge < -0.3 is 16.0 Å². The number of piperidine rings is 1. The maximum atomic E-state index is 13.5. The van der Waals surface area contributed by atoms with Gasteiger partial charge in [-0.05, 0) is 81.7 Å². The molecule has 1 fully saturated rings. The molecule has 4 rings (SSSR count). The quantitative estimate of drug-likeness (QED) is 0.436. The van der Waals surface area contributed by atoms with Crippen molar-refractivity contribution < 1.29 is 9.59 Å². The molecule has 2 heterocycles. The third kappa shape index (κ3) is 6.97. The van der Waals surface area contributed by atoms with Crippen LogP contribution in [-0.4, -0.2) is 65.2 Å². The summed E-state index contributed by atoms with van der Waals surface area (Å²) in [5, 5.41) is 3.01. The molecule has 2 unspecified atom stereocenters. The molecule has 1 aliphatic heterocycles. The van der Waals surface area contributed by atoms with E-state index in [1.54, 1.807) is 29.4 Å². The second kappa shape index (κ2) is 14.2. The number of carbonyl (C=O) groups excluding carboxylic acids is 2. The van der Waals surface area contributed by atoms with Crippen LogP contribution in [0.4, 0.5) is 5.82 Å². The van der Waals surface area contributed by atoms with Gasteiger partial charge in [0.1, 0.15) is 5.82 Å². The van der Waals surface area contributed by atoms with Crippen LogP contribution in [0.15, 0.2) is 59.4 Å². The molecule has 0 bridgehead atoms. The van der Waals surface area contributed by atoms with E-state index in [0.29, 0.717) is 24.5 Å². The summed E-state index contributed by atoms with van der Waals surface area (Å²) in [5.74, 6) is 0.135. The molecule has 2 aliphatic rings. The molecule has 1 aliphatic carbocycles. The van der Waals surface area contributed by atoms with Crippen LogP contribution in [-0.2, 0) is 10.2 Å². The summed E-state index contributed by atoms with van der Waals surface area (Å²) >= 11 is 0. The molecular weight excluding hydrogens is 500 g/mol. The molecule has 8 heteroatoms. The Morgan fingerprint density at radius 2 is 1.85 bits per heavy atom. The molecule has 216 valence electrons. The number of rotatable bonds is 8. The lowest BCUT2D eigenvalue weighted by molar-refractivity contribution is -0.117. The summed E-state index contributed by atoms with van der Waals surface area (Å²) in [6.07, 6.45) is 8.00. The first-order valence-corrected chi connectivity index (χ1v) is 14.6. The Kier molecular flexibility index (Phi) is 11.0. The fourth-order valence-electron chi connectivity index (χ4n) is 5.81. The van der Waals surface area contributed by atoms with E-state index in [0.717, 1.165) is 43.6 Å². The number of aliphatic imine (C=N–C) groups is 1. The summed E-state index contributed by atoms with van der Waals surface area (Å²) in [4.78, 5) is 39.2. The number of hydrogen-bond donors (Lipinski definition) is 2. The summed E-state index contributed by atoms with van der Waals surface area (Å²) in [7, 11) is 0. The van der Waals surface area contributed by atoms with Gasteiger partial charge in [-0.1, -0.05) is 38.1 Å². The fraction of sp³-hybridized carbons (Fsp3) is 0.500. The lowest BCUT2D eigenvalue weighted by Gasteiger charge is -2.41. The molecule has 1 aromatic carbocycles. The van der Waals surface area contributed by atoms with Crippen LogP contribution in [0.5, 0.6) is 0 Å². The van der Waals surface area contributed by atoms with Gasteiger partial charge in [-0.15, -0.1) is 0 Å². The number of nitrogens with one attached hydrogen (secondary N) is 1. The number of fused-ring (bicyclic) bond motifs is 2. The first-order chi connectivity index (χ1) is 19.3. The largest absolute Gasteiger partial charge is 0.402 e. The molecule has 1 aromatic heterocycles.